The largest absolute Gasteiger partial charge is 0.472 e. The Morgan fingerprint density at radius 1 is 0.544 bits per heavy atom. The van der Waals surface area contributed by atoms with E-state index in [9.17, 15) is 24.2 Å². The van der Waals surface area contributed by atoms with Gasteiger partial charge in [0.25, 0.3) is 0 Å². The molecule has 57 heavy (non-hydrogen) atoms. The summed E-state index contributed by atoms with van der Waals surface area (Å²) >= 11 is 0. The lowest BCUT2D eigenvalue weighted by atomic mass is 10.1. The Bertz CT molecular complexity index is 1180. The number of unbranched alkanes of at least 4 members (excludes halogenated alkanes) is 14. The molecule has 0 aliphatic heterocycles. The Hall–Kier alpha value is -2.59. The third kappa shape index (κ3) is 41.4. The minimum absolute atomic E-state index is 0.166. The lowest BCUT2D eigenvalue weighted by Crippen LogP contribution is -2.29. The van der Waals surface area contributed by atoms with Crippen LogP contribution in [0.3, 0.4) is 0 Å². The maximum Gasteiger partial charge on any atom is 0.472 e. The predicted octanol–water partition coefficient (Wildman–Crippen LogP) is 11.7. The third-order valence-electron chi connectivity index (χ3n) is 8.84. The molecule has 0 spiro atoms. The van der Waals surface area contributed by atoms with Crippen LogP contribution in [-0.4, -0.2) is 65.7 Å². The number of aliphatic hydroxyl groups is 2. The van der Waals surface area contributed by atoms with Gasteiger partial charge in [0.2, 0.25) is 0 Å². The predicted molar refractivity (Wildman–Crippen MR) is 233 cm³/mol. The highest BCUT2D eigenvalue weighted by Crippen LogP contribution is 2.43. The van der Waals surface area contributed by atoms with Crippen LogP contribution in [0, 0.1) is 0 Å². The molecule has 0 aliphatic carbocycles. The number of carbonyl (C=O) groups excluding carboxylic acids is 2. The lowest BCUT2D eigenvalue weighted by Gasteiger charge is -2.20. The average molecular weight is 823 g/mol. The first-order valence-electron chi connectivity index (χ1n) is 21.9. The van der Waals surface area contributed by atoms with Crippen molar-refractivity contribution in [2.24, 2.45) is 0 Å². The molecule has 0 saturated heterocycles. The van der Waals surface area contributed by atoms with Crippen molar-refractivity contribution in [3.63, 3.8) is 0 Å². The van der Waals surface area contributed by atoms with Gasteiger partial charge in [0.05, 0.1) is 19.8 Å². The summed E-state index contributed by atoms with van der Waals surface area (Å²) in [7, 11) is -4.63. The molecule has 10 nitrogen and oxygen atoms in total. The molecular weight excluding hydrogens is 743 g/mol. The molecule has 0 radical (unpaired) electrons. The van der Waals surface area contributed by atoms with Crippen LogP contribution in [-0.2, 0) is 32.7 Å². The summed E-state index contributed by atoms with van der Waals surface area (Å²) in [5, 5.41) is 18.3. The fourth-order valence-corrected chi connectivity index (χ4v) is 6.27. The third-order valence-corrected chi connectivity index (χ3v) is 9.80. The van der Waals surface area contributed by atoms with Crippen molar-refractivity contribution in [1.29, 1.82) is 0 Å². The van der Waals surface area contributed by atoms with Gasteiger partial charge in [-0.1, -0.05) is 145 Å². The first-order chi connectivity index (χ1) is 27.7. The second-order valence-electron chi connectivity index (χ2n) is 14.3. The standard InChI is InChI=1S/C46H79O10P/c1-3-5-7-9-11-13-15-17-19-21-23-25-27-29-31-33-35-37-45(49)53-41-44(42-55-57(51,52)54-40-43(48)39-47)56-46(50)38-36-34-32-30-28-26-24-22-20-18-16-14-12-10-8-6-4-2/h5,7,11-14,17-20,23,25,43-44,47-48H,3-4,6,8-10,15-16,21-22,24,26-42H2,1-2H3,(H,51,52)/b7-5-,13-11-,14-12-,19-17-,20-18-,25-23-/t43-,44+/m0/s1. The molecule has 3 N–H and O–H groups in total. The SMILES string of the molecule is CC/C=C\C/C=C\C/C=C\C/C=C\CCCCCCC(=O)OC[C@H](COP(=O)(O)OC[C@@H](O)CO)OC(=O)CCCCCCCCC/C=C\C/C=C\CCCCC. The van der Waals surface area contributed by atoms with Crippen LogP contribution in [0.15, 0.2) is 72.9 Å². The molecule has 0 fully saturated rings. The van der Waals surface area contributed by atoms with Crippen LogP contribution in [0.4, 0.5) is 0 Å². The zero-order valence-corrected chi connectivity index (χ0v) is 36.4. The molecule has 1 unspecified atom stereocenters. The van der Waals surface area contributed by atoms with Crippen molar-refractivity contribution in [2.45, 2.75) is 180 Å². The molecule has 0 aliphatic rings. The quantitative estimate of drug-likeness (QED) is 0.0236. The molecule has 3 atom stereocenters. The summed E-state index contributed by atoms with van der Waals surface area (Å²) < 4.78 is 32.7. The maximum absolute atomic E-state index is 12.6. The summed E-state index contributed by atoms with van der Waals surface area (Å²) in [6.45, 7) is 2.19. The first-order valence-corrected chi connectivity index (χ1v) is 23.4. The number of phosphoric ester groups is 1. The van der Waals surface area contributed by atoms with Crippen molar-refractivity contribution in [3.05, 3.63) is 72.9 Å². The van der Waals surface area contributed by atoms with E-state index in [0.717, 1.165) is 89.9 Å². The average Bonchev–Trinajstić information content (AvgIpc) is 3.20. The van der Waals surface area contributed by atoms with Gasteiger partial charge < -0.3 is 24.6 Å². The van der Waals surface area contributed by atoms with Crippen molar-refractivity contribution >= 4 is 19.8 Å². The Morgan fingerprint density at radius 2 is 0.965 bits per heavy atom. The molecule has 0 heterocycles. The van der Waals surface area contributed by atoms with E-state index in [0.29, 0.717) is 12.8 Å². The van der Waals surface area contributed by atoms with Crippen LogP contribution in [0.5, 0.6) is 0 Å². The van der Waals surface area contributed by atoms with E-state index in [1.165, 1.54) is 38.5 Å². The van der Waals surface area contributed by atoms with Crippen LogP contribution in [0.25, 0.3) is 0 Å². The molecular formula is C46H79O10P. The number of hydrogen-bond donors (Lipinski definition) is 3. The van der Waals surface area contributed by atoms with E-state index >= 15 is 0 Å². The highest BCUT2D eigenvalue weighted by Gasteiger charge is 2.27. The normalized spacial score (nSPS) is 14.5. The number of aliphatic hydroxyl groups excluding tert-OH is 2. The van der Waals surface area contributed by atoms with Gasteiger partial charge in [-0.2, -0.15) is 0 Å². The Morgan fingerprint density at radius 3 is 1.46 bits per heavy atom. The van der Waals surface area contributed by atoms with Gasteiger partial charge in [-0.05, 0) is 83.5 Å². The molecule has 328 valence electrons. The molecule has 0 aromatic carbocycles. The van der Waals surface area contributed by atoms with Gasteiger partial charge in [0, 0.05) is 12.8 Å². The Labute approximate surface area is 346 Å². The summed E-state index contributed by atoms with van der Waals surface area (Å²) in [4.78, 5) is 35.0. The Kier molecular flexibility index (Phi) is 39.7. The molecule has 0 aromatic heterocycles. The van der Waals surface area contributed by atoms with Crippen LogP contribution in [0.1, 0.15) is 168 Å². The topological polar surface area (TPSA) is 149 Å². The maximum atomic E-state index is 12.6. The van der Waals surface area contributed by atoms with Crippen LogP contribution < -0.4 is 0 Å². The number of phosphoric acid groups is 1. The summed E-state index contributed by atoms with van der Waals surface area (Å²) in [6.07, 6.45) is 47.2. The van der Waals surface area contributed by atoms with E-state index in [-0.39, 0.29) is 19.4 Å². The van der Waals surface area contributed by atoms with Crippen molar-refractivity contribution in [1.82, 2.24) is 0 Å². The smallest absolute Gasteiger partial charge is 0.462 e. The zero-order chi connectivity index (χ0) is 41.9. The number of rotatable bonds is 40. The number of carbonyl (C=O) groups is 2. The second-order valence-corrected chi connectivity index (χ2v) is 15.8. The first kappa shape index (κ1) is 54.4. The van der Waals surface area contributed by atoms with Gasteiger partial charge >= 0.3 is 19.8 Å². The summed E-state index contributed by atoms with van der Waals surface area (Å²) in [6, 6.07) is 0. The Balaban J connectivity index is 4.36. The fraction of sp³-hybridized carbons (Fsp3) is 0.696. The van der Waals surface area contributed by atoms with Gasteiger partial charge in [-0.25, -0.2) is 4.57 Å². The van der Waals surface area contributed by atoms with E-state index in [1.54, 1.807) is 0 Å². The monoisotopic (exact) mass is 823 g/mol. The minimum atomic E-state index is -4.63. The zero-order valence-electron chi connectivity index (χ0n) is 35.5. The summed E-state index contributed by atoms with van der Waals surface area (Å²) in [5.74, 6) is -0.967. The second kappa shape index (κ2) is 41.6. The summed E-state index contributed by atoms with van der Waals surface area (Å²) in [5.41, 5.74) is 0. The number of allylic oxidation sites excluding steroid dienone is 12. The van der Waals surface area contributed by atoms with Crippen LogP contribution >= 0.6 is 7.82 Å². The highest BCUT2D eigenvalue weighted by molar-refractivity contribution is 7.47. The molecule has 0 aromatic rings. The minimum Gasteiger partial charge on any atom is -0.462 e. The van der Waals surface area contributed by atoms with Gasteiger partial charge in [-0.15, -0.1) is 0 Å². The van der Waals surface area contributed by atoms with Gasteiger partial charge in [-0.3, -0.25) is 18.6 Å². The highest BCUT2D eigenvalue weighted by atomic mass is 31.2. The van der Waals surface area contributed by atoms with Crippen LogP contribution in [0.2, 0.25) is 0 Å². The molecule has 0 bridgehead atoms. The molecule has 0 saturated carbocycles. The van der Waals surface area contributed by atoms with Crippen molar-refractivity contribution in [3.8, 4) is 0 Å². The van der Waals surface area contributed by atoms with Gasteiger partial charge in [0.1, 0.15) is 12.7 Å². The van der Waals surface area contributed by atoms with Gasteiger partial charge in [0.15, 0.2) is 6.10 Å². The van der Waals surface area contributed by atoms with E-state index < -0.39 is 51.8 Å². The fourth-order valence-electron chi connectivity index (χ4n) is 5.48. The van der Waals surface area contributed by atoms with Crippen molar-refractivity contribution < 1.29 is 47.8 Å². The number of hydrogen-bond acceptors (Lipinski definition) is 9. The number of esters is 2. The van der Waals surface area contributed by atoms with E-state index in [2.05, 4.69) is 91.3 Å². The van der Waals surface area contributed by atoms with E-state index in [4.69, 9.17) is 19.1 Å². The molecule has 0 rings (SSSR count). The molecule has 11 heteroatoms. The lowest BCUT2D eigenvalue weighted by molar-refractivity contribution is -0.161. The van der Waals surface area contributed by atoms with Crippen molar-refractivity contribution in [2.75, 3.05) is 26.4 Å². The number of ether oxygens (including phenoxy) is 2. The molecule has 0 amide bonds. The van der Waals surface area contributed by atoms with E-state index in [1.807, 2.05) is 0 Å².